The van der Waals surface area contributed by atoms with Crippen molar-refractivity contribution in [1.29, 1.82) is 0 Å². The summed E-state index contributed by atoms with van der Waals surface area (Å²) in [5, 5.41) is 0. The molecule has 0 fully saturated rings. The second-order valence-electron chi connectivity index (χ2n) is 2.58. The molecule has 0 unspecified atom stereocenters. The van der Waals surface area contributed by atoms with Crippen LogP contribution in [0.15, 0.2) is 23.7 Å². The maximum Gasteiger partial charge on any atom is 0.240 e. The third-order valence-corrected chi connectivity index (χ3v) is 1.80. The highest BCUT2D eigenvalue weighted by Gasteiger charge is 2.05. The van der Waals surface area contributed by atoms with Crippen LogP contribution >= 0.6 is 0 Å². The highest BCUT2D eigenvalue weighted by atomic mass is 16.1. The highest BCUT2D eigenvalue weighted by Crippen LogP contribution is 2.23. The van der Waals surface area contributed by atoms with Gasteiger partial charge in [0, 0.05) is 13.2 Å². The molecule has 2 aromatic heterocycles. The van der Waals surface area contributed by atoms with Crippen LogP contribution in [-0.4, -0.2) is 20.6 Å². The number of nitrogens with zero attached hydrogens (tertiary/aromatic N) is 4. The number of aryl methyl sites for hydroxylation is 1. The van der Waals surface area contributed by atoms with Crippen LogP contribution in [0.4, 0.5) is 5.69 Å². The van der Waals surface area contributed by atoms with E-state index in [1.807, 2.05) is 11.6 Å². The summed E-state index contributed by atoms with van der Waals surface area (Å²) in [6.45, 7) is 0. The number of hydrogen-bond acceptors (Lipinski definition) is 4. The lowest BCUT2D eigenvalue weighted by molar-refractivity contribution is 0.565. The van der Waals surface area contributed by atoms with E-state index < -0.39 is 0 Å². The first-order chi connectivity index (χ1) is 6.33. The molecular weight excluding hydrogens is 168 g/mol. The molecule has 2 heterocycles. The Bertz CT molecular complexity index is 496. The number of carbonyl (C=O) groups excluding carboxylic acids is 1. The third-order valence-electron chi connectivity index (χ3n) is 1.80. The van der Waals surface area contributed by atoms with Crippen molar-refractivity contribution in [3.05, 3.63) is 18.7 Å². The molecule has 2 rings (SSSR count). The number of hydrogen-bond donors (Lipinski definition) is 0. The van der Waals surface area contributed by atoms with E-state index >= 15 is 0 Å². The van der Waals surface area contributed by atoms with Crippen molar-refractivity contribution in [2.24, 2.45) is 12.0 Å². The second kappa shape index (κ2) is 2.80. The fraction of sp³-hybridized carbons (Fsp3) is 0.125. The largest absolute Gasteiger partial charge is 0.346 e. The van der Waals surface area contributed by atoms with E-state index in [1.165, 1.54) is 12.4 Å². The Kier molecular flexibility index (Phi) is 1.65. The van der Waals surface area contributed by atoms with Crippen LogP contribution in [0.2, 0.25) is 0 Å². The van der Waals surface area contributed by atoms with Gasteiger partial charge < -0.3 is 4.57 Å². The van der Waals surface area contributed by atoms with Crippen LogP contribution in [0.5, 0.6) is 0 Å². The van der Waals surface area contributed by atoms with Gasteiger partial charge in [-0.3, -0.25) is 0 Å². The Morgan fingerprint density at radius 1 is 1.62 bits per heavy atom. The zero-order valence-corrected chi connectivity index (χ0v) is 6.93. The summed E-state index contributed by atoms with van der Waals surface area (Å²) < 4.78 is 1.81. The molecule has 0 bridgehead atoms. The van der Waals surface area contributed by atoms with E-state index in [2.05, 4.69) is 15.0 Å². The normalized spacial score (nSPS) is 9.92. The van der Waals surface area contributed by atoms with Gasteiger partial charge in [-0.1, -0.05) is 0 Å². The Morgan fingerprint density at radius 2 is 2.46 bits per heavy atom. The summed E-state index contributed by atoms with van der Waals surface area (Å²) in [7, 11) is 1.84. The van der Waals surface area contributed by atoms with Crippen molar-refractivity contribution >= 4 is 22.8 Å². The van der Waals surface area contributed by atoms with E-state index in [1.54, 1.807) is 12.4 Å². The molecule has 64 valence electrons. The molecule has 0 saturated heterocycles. The molecule has 5 nitrogen and oxygen atoms in total. The minimum atomic E-state index is 0.523. The van der Waals surface area contributed by atoms with Crippen molar-refractivity contribution in [3.63, 3.8) is 0 Å². The van der Waals surface area contributed by atoms with Gasteiger partial charge in [0.1, 0.15) is 17.5 Å². The molecule has 0 N–H and O–H groups in total. The highest BCUT2D eigenvalue weighted by molar-refractivity contribution is 5.87. The minimum Gasteiger partial charge on any atom is -0.346 e. The van der Waals surface area contributed by atoms with Crippen molar-refractivity contribution in [2.75, 3.05) is 0 Å². The van der Waals surface area contributed by atoms with Gasteiger partial charge in [-0.05, 0) is 0 Å². The third kappa shape index (κ3) is 1.11. The fourth-order valence-corrected chi connectivity index (χ4v) is 1.22. The van der Waals surface area contributed by atoms with Crippen LogP contribution in [-0.2, 0) is 11.8 Å². The summed E-state index contributed by atoms with van der Waals surface area (Å²) in [4.78, 5) is 21.5. The summed E-state index contributed by atoms with van der Waals surface area (Å²) in [5.74, 6) is 0. The van der Waals surface area contributed by atoms with Gasteiger partial charge in [0.2, 0.25) is 6.08 Å². The van der Waals surface area contributed by atoms with E-state index in [0.29, 0.717) is 11.2 Å². The smallest absolute Gasteiger partial charge is 0.240 e. The molecule has 0 saturated carbocycles. The summed E-state index contributed by atoms with van der Waals surface area (Å²) in [6, 6.07) is 0. The second-order valence-corrected chi connectivity index (χ2v) is 2.58. The predicted octanol–water partition coefficient (Wildman–Crippen LogP) is 0.936. The maximum atomic E-state index is 10.1. The average molecular weight is 174 g/mol. The number of aromatic nitrogens is 3. The van der Waals surface area contributed by atoms with E-state index in [9.17, 15) is 4.79 Å². The monoisotopic (exact) mass is 174 g/mol. The van der Waals surface area contributed by atoms with Gasteiger partial charge in [0.25, 0.3) is 0 Å². The van der Waals surface area contributed by atoms with Crippen LogP contribution in [0, 0.1) is 0 Å². The zero-order valence-electron chi connectivity index (χ0n) is 6.93. The molecule has 0 aromatic carbocycles. The molecule has 13 heavy (non-hydrogen) atoms. The Morgan fingerprint density at radius 3 is 3.23 bits per heavy atom. The lowest BCUT2D eigenvalue weighted by atomic mass is 10.4. The fourth-order valence-electron chi connectivity index (χ4n) is 1.22. The van der Waals surface area contributed by atoms with E-state index in [0.717, 1.165) is 5.52 Å². The zero-order chi connectivity index (χ0) is 9.26. The number of isocyanates is 1. The Hall–Kier alpha value is -2.00. The van der Waals surface area contributed by atoms with Gasteiger partial charge in [0.15, 0.2) is 0 Å². The number of rotatable bonds is 1. The van der Waals surface area contributed by atoms with Crippen molar-refractivity contribution < 1.29 is 4.79 Å². The molecule has 0 atom stereocenters. The SMILES string of the molecule is Cn1cc(N=C=O)c2ncncc21. The molecular formula is C8H6N4O. The van der Waals surface area contributed by atoms with Crippen LogP contribution in [0.25, 0.3) is 11.0 Å². The lowest BCUT2D eigenvalue weighted by Crippen LogP contribution is -1.85. The molecule has 0 aliphatic rings. The van der Waals surface area contributed by atoms with Gasteiger partial charge in [0.05, 0.1) is 11.7 Å². The number of aliphatic imine (C=N–C) groups is 1. The first-order valence-corrected chi connectivity index (χ1v) is 3.66. The Labute approximate surface area is 73.8 Å². The lowest BCUT2D eigenvalue weighted by Gasteiger charge is -1.90. The molecule has 0 amide bonds. The minimum absolute atomic E-state index is 0.523. The quantitative estimate of drug-likeness (QED) is 0.477. The van der Waals surface area contributed by atoms with Gasteiger partial charge in [-0.2, -0.15) is 4.99 Å². The van der Waals surface area contributed by atoms with Crippen molar-refractivity contribution in [2.45, 2.75) is 0 Å². The van der Waals surface area contributed by atoms with Gasteiger partial charge >= 0.3 is 0 Å². The topological polar surface area (TPSA) is 60.1 Å². The predicted molar refractivity (Wildman–Crippen MR) is 46.3 cm³/mol. The summed E-state index contributed by atoms with van der Waals surface area (Å²) >= 11 is 0. The van der Waals surface area contributed by atoms with Gasteiger partial charge in [-0.15, -0.1) is 0 Å². The average Bonchev–Trinajstić information content (AvgIpc) is 2.46. The standard InChI is InChI=1S/C8H6N4O/c1-12-3-6(11-5-13)8-7(12)2-9-4-10-8/h2-4H,1H3. The first kappa shape index (κ1) is 7.64. The van der Waals surface area contributed by atoms with E-state index in [4.69, 9.17) is 0 Å². The van der Waals surface area contributed by atoms with Gasteiger partial charge in [-0.25, -0.2) is 14.8 Å². The molecule has 0 aliphatic carbocycles. The molecule has 5 heteroatoms. The van der Waals surface area contributed by atoms with E-state index in [-0.39, 0.29) is 0 Å². The van der Waals surface area contributed by atoms with Crippen LogP contribution in [0.3, 0.4) is 0 Å². The molecule has 2 aromatic rings. The molecule has 0 spiro atoms. The maximum absolute atomic E-state index is 10.1. The van der Waals surface area contributed by atoms with Crippen molar-refractivity contribution in [3.8, 4) is 0 Å². The van der Waals surface area contributed by atoms with Crippen LogP contribution < -0.4 is 0 Å². The summed E-state index contributed by atoms with van der Waals surface area (Å²) in [6.07, 6.45) is 6.30. The molecule has 0 radical (unpaired) electrons. The summed E-state index contributed by atoms with van der Waals surface area (Å²) in [5.41, 5.74) is 2.03. The Balaban J connectivity index is 2.85. The first-order valence-electron chi connectivity index (χ1n) is 3.66. The van der Waals surface area contributed by atoms with Crippen LogP contribution in [0.1, 0.15) is 0 Å². The van der Waals surface area contributed by atoms with Crippen molar-refractivity contribution in [1.82, 2.24) is 14.5 Å². The molecule has 0 aliphatic heterocycles. The number of fused-ring (bicyclic) bond motifs is 1.